The van der Waals surface area contributed by atoms with Gasteiger partial charge in [0.2, 0.25) is 0 Å². The van der Waals surface area contributed by atoms with Crippen LogP contribution in [0, 0.1) is 5.82 Å². The van der Waals surface area contributed by atoms with E-state index in [-0.39, 0.29) is 6.04 Å². The predicted octanol–water partition coefficient (Wildman–Crippen LogP) is 2.57. The number of halogens is 1. The van der Waals surface area contributed by atoms with E-state index in [1.54, 1.807) is 0 Å². The van der Waals surface area contributed by atoms with Crippen molar-refractivity contribution in [1.82, 2.24) is 10.2 Å². The van der Waals surface area contributed by atoms with Crippen molar-refractivity contribution in [2.45, 2.75) is 18.9 Å². The fourth-order valence-corrected chi connectivity index (χ4v) is 3.60. The van der Waals surface area contributed by atoms with Gasteiger partial charge >= 0.3 is 11.8 Å². The van der Waals surface area contributed by atoms with Gasteiger partial charge in [0.25, 0.3) is 0 Å². The number of carbonyl (C=O) groups is 2. The molecule has 0 aromatic heterocycles. The van der Waals surface area contributed by atoms with E-state index in [9.17, 15) is 14.0 Å². The minimum absolute atomic E-state index is 0.0601. The Balaban J connectivity index is 1.64. The first-order valence-corrected chi connectivity index (χ1v) is 9.70. The number of nitrogens with zero attached hydrogens (tertiary/aromatic N) is 2. The minimum atomic E-state index is -0.777. The van der Waals surface area contributed by atoms with Gasteiger partial charge in [0.1, 0.15) is 5.82 Å². The van der Waals surface area contributed by atoms with Crippen LogP contribution in [0.3, 0.4) is 0 Å². The van der Waals surface area contributed by atoms with E-state index >= 15 is 0 Å². The maximum atomic E-state index is 13.0. The van der Waals surface area contributed by atoms with Gasteiger partial charge in [0.05, 0.1) is 6.04 Å². The number of rotatable bonds is 5. The molecule has 1 atom stereocenters. The summed E-state index contributed by atoms with van der Waals surface area (Å²) in [5, 5.41) is 5.18. The zero-order valence-corrected chi connectivity index (χ0v) is 17.0. The molecule has 3 rings (SSSR count). The van der Waals surface area contributed by atoms with Gasteiger partial charge in [-0.25, -0.2) is 4.39 Å². The van der Waals surface area contributed by atoms with Gasteiger partial charge in [-0.3, -0.25) is 9.59 Å². The van der Waals surface area contributed by atoms with Crippen LogP contribution in [0.2, 0.25) is 0 Å². The topological polar surface area (TPSA) is 64.7 Å². The Morgan fingerprint density at radius 3 is 2.55 bits per heavy atom. The van der Waals surface area contributed by atoms with Crippen LogP contribution in [0.4, 0.5) is 15.8 Å². The standard InChI is InChI=1S/C22H27FN4O2/c1-26(2)20(16-6-11-19-15(13-16)5-4-12-27(19)3)14-24-21(28)22(29)25-18-9-7-17(23)8-10-18/h6-11,13,20H,4-5,12,14H2,1-3H3,(H,24,28)(H,25,29). The van der Waals surface area contributed by atoms with Crippen molar-refractivity contribution >= 4 is 23.2 Å². The first-order chi connectivity index (χ1) is 13.8. The van der Waals surface area contributed by atoms with Gasteiger partial charge in [-0.05, 0) is 68.4 Å². The number of carbonyl (C=O) groups excluding carboxylic acids is 2. The zero-order valence-electron chi connectivity index (χ0n) is 17.0. The van der Waals surface area contributed by atoms with Crippen LogP contribution in [0.25, 0.3) is 0 Å². The molecular formula is C22H27FN4O2. The van der Waals surface area contributed by atoms with Crippen molar-refractivity contribution in [3.8, 4) is 0 Å². The average Bonchev–Trinajstić information content (AvgIpc) is 2.69. The van der Waals surface area contributed by atoms with E-state index in [4.69, 9.17) is 0 Å². The maximum Gasteiger partial charge on any atom is 0.313 e. The smallest absolute Gasteiger partial charge is 0.313 e. The van der Waals surface area contributed by atoms with Crippen LogP contribution in [0.5, 0.6) is 0 Å². The molecule has 1 heterocycles. The van der Waals surface area contributed by atoms with E-state index in [0.29, 0.717) is 12.2 Å². The molecule has 2 amide bonds. The van der Waals surface area contributed by atoms with E-state index in [2.05, 4.69) is 40.8 Å². The second-order valence-electron chi connectivity index (χ2n) is 7.56. The van der Waals surface area contributed by atoms with Gasteiger partial charge in [0, 0.05) is 31.5 Å². The summed E-state index contributed by atoms with van der Waals surface area (Å²) >= 11 is 0. The number of amides is 2. The highest BCUT2D eigenvalue weighted by atomic mass is 19.1. The van der Waals surface area contributed by atoms with Gasteiger partial charge in [-0.2, -0.15) is 0 Å². The number of anilines is 2. The monoisotopic (exact) mass is 398 g/mol. The van der Waals surface area contributed by atoms with Crippen LogP contribution < -0.4 is 15.5 Å². The number of benzene rings is 2. The van der Waals surface area contributed by atoms with Crippen LogP contribution in [0.15, 0.2) is 42.5 Å². The average molecular weight is 398 g/mol. The Morgan fingerprint density at radius 1 is 1.14 bits per heavy atom. The van der Waals surface area contributed by atoms with Crippen LogP contribution in [-0.4, -0.2) is 50.9 Å². The molecule has 0 bridgehead atoms. The Hall–Kier alpha value is -2.93. The van der Waals surface area contributed by atoms with E-state index < -0.39 is 17.6 Å². The van der Waals surface area contributed by atoms with Crippen molar-refractivity contribution in [3.05, 3.63) is 59.4 Å². The zero-order chi connectivity index (χ0) is 21.0. The largest absolute Gasteiger partial charge is 0.374 e. The van der Waals surface area contributed by atoms with Crippen molar-refractivity contribution < 1.29 is 14.0 Å². The molecule has 6 nitrogen and oxygen atoms in total. The first-order valence-electron chi connectivity index (χ1n) is 9.70. The second kappa shape index (κ2) is 9.05. The van der Waals surface area contributed by atoms with Gasteiger partial charge < -0.3 is 20.4 Å². The molecule has 2 N–H and O–H groups in total. The maximum absolute atomic E-state index is 13.0. The molecule has 1 aliphatic heterocycles. The van der Waals surface area contributed by atoms with Crippen LogP contribution in [0.1, 0.15) is 23.6 Å². The third-order valence-corrected chi connectivity index (χ3v) is 5.23. The Labute approximate surface area is 170 Å². The summed E-state index contributed by atoms with van der Waals surface area (Å²) in [5.41, 5.74) is 4.03. The van der Waals surface area contributed by atoms with Crippen molar-refractivity contribution in [3.63, 3.8) is 0 Å². The van der Waals surface area contributed by atoms with Crippen LogP contribution >= 0.6 is 0 Å². The molecule has 0 aliphatic carbocycles. The summed E-state index contributed by atoms with van der Waals surface area (Å²) in [5.74, 6) is -1.91. The lowest BCUT2D eigenvalue weighted by Crippen LogP contribution is -2.40. The molecule has 0 saturated carbocycles. The van der Waals surface area contributed by atoms with Crippen molar-refractivity contribution in [1.29, 1.82) is 0 Å². The molecular weight excluding hydrogens is 371 g/mol. The summed E-state index contributed by atoms with van der Waals surface area (Å²) in [6, 6.07) is 11.6. The molecule has 1 aliphatic rings. The summed E-state index contributed by atoms with van der Waals surface area (Å²) in [6.07, 6.45) is 2.17. The molecule has 1 unspecified atom stereocenters. The predicted molar refractivity (Wildman–Crippen MR) is 113 cm³/mol. The van der Waals surface area contributed by atoms with E-state index in [0.717, 1.165) is 24.9 Å². The number of aryl methyl sites for hydroxylation is 1. The molecule has 154 valence electrons. The number of nitrogens with one attached hydrogen (secondary N) is 2. The van der Waals surface area contributed by atoms with Crippen LogP contribution in [-0.2, 0) is 16.0 Å². The summed E-state index contributed by atoms with van der Waals surface area (Å²) in [6.45, 7) is 1.36. The van der Waals surface area contributed by atoms with Gasteiger partial charge in [-0.15, -0.1) is 0 Å². The summed E-state index contributed by atoms with van der Waals surface area (Å²) < 4.78 is 13.0. The lowest BCUT2D eigenvalue weighted by Gasteiger charge is -2.30. The quantitative estimate of drug-likeness (QED) is 0.760. The molecule has 2 aromatic carbocycles. The van der Waals surface area contributed by atoms with E-state index in [1.807, 2.05) is 19.0 Å². The number of likely N-dealkylation sites (N-methyl/N-ethyl adjacent to an activating group) is 1. The van der Waals surface area contributed by atoms with Gasteiger partial charge in [-0.1, -0.05) is 12.1 Å². The first kappa shape index (κ1) is 20.8. The van der Waals surface area contributed by atoms with E-state index in [1.165, 1.54) is 35.5 Å². The number of hydrogen-bond donors (Lipinski definition) is 2. The third kappa shape index (κ3) is 5.12. The molecule has 0 fully saturated rings. The Bertz CT molecular complexity index is 883. The van der Waals surface area contributed by atoms with Crippen molar-refractivity contribution in [2.24, 2.45) is 0 Å². The SMILES string of the molecule is CN1CCCc2cc(C(CNC(=O)C(=O)Nc3ccc(F)cc3)N(C)C)ccc21. The molecule has 0 spiro atoms. The molecule has 29 heavy (non-hydrogen) atoms. The third-order valence-electron chi connectivity index (χ3n) is 5.23. The second-order valence-corrected chi connectivity index (χ2v) is 7.56. The molecule has 0 saturated heterocycles. The lowest BCUT2D eigenvalue weighted by atomic mass is 9.96. The Kier molecular flexibility index (Phi) is 6.49. The fourth-order valence-electron chi connectivity index (χ4n) is 3.60. The van der Waals surface area contributed by atoms with Gasteiger partial charge in [0.15, 0.2) is 0 Å². The lowest BCUT2D eigenvalue weighted by molar-refractivity contribution is -0.136. The normalized spacial score (nSPS) is 14.3. The highest BCUT2D eigenvalue weighted by Crippen LogP contribution is 2.29. The minimum Gasteiger partial charge on any atom is -0.374 e. The molecule has 7 heteroatoms. The highest BCUT2D eigenvalue weighted by Gasteiger charge is 2.21. The molecule has 2 aromatic rings. The number of fused-ring (bicyclic) bond motifs is 1. The Morgan fingerprint density at radius 2 is 1.86 bits per heavy atom. The molecule has 0 radical (unpaired) electrons. The fraction of sp³-hybridized carbons (Fsp3) is 0.364. The summed E-state index contributed by atoms with van der Waals surface area (Å²) in [7, 11) is 5.99. The summed E-state index contributed by atoms with van der Waals surface area (Å²) in [4.78, 5) is 28.6. The highest BCUT2D eigenvalue weighted by molar-refractivity contribution is 6.39. The number of hydrogen-bond acceptors (Lipinski definition) is 4. The van der Waals surface area contributed by atoms with Crippen molar-refractivity contribution in [2.75, 3.05) is 44.4 Å².